The lowest BCUT2D eigenvalue weighted by molar-refractivity contribution is -0.116. The number of hydrogen-bond acceptors (Lipinski definition) is 8. The van der Waals surface area contributed by atoms with Gasteiger partial charge in [-0.1, -0.05) is 17.3 Å². The van der Waals surface area contributed by atoms with E-state index in [1.165, 1.54) is 0 Å². The lowest BCUT2D eigenvalue weighted by Gasteiger charge is -2.35. The van der Waals surface area contributed by atoms with Gasteiger partial charge in [0.05, 0.1) is 38.5 Å². The summed E-state index contributed by atoms with van der Waals surface area (Å²) in [4.78, 5) is 13.7. The van der Waals surface area contributed by atoms with Crippen molar-refractivity contribution in [1.29, 1.82) is 0 Å². The predicted octanol–water partition coefficient (Wildman–Crippen LogP) is 4.67. The van der Waals surface area contributed by atoms with Crippen LogP contribution in [0.15, 0.2) is 52.2 Å². The van der Waals surface area contributed by atoms with Crippen molar-refractivity contribution in [3.8, 4) is 23.0 Å². The minimum atomic E-state index is -0.430. The molecule has 0 saturated carbocycles. The van der Waals surface area contributed by atoms with E-state index in [9.17, 15) is 9.90 Å². The predicted molar refractivity (Wildman–Crippen MR) is 125 cm³/mol. The molecule has 0 fully saturated rings. The number of aromatic hydroxyl groups is 1. The first-order valence-electron chi connectivity index (χ1n) is 11.0. The maximum Gasteiger partial charge on any atom is 0.233 e. The number of aromatic nitrogens is 1. The molecule has 0 bridgehead atoms. The number of phenolic OH excluding ortho intramolecular Hbond substituents is 1. The number of ether oxygens (including phenoxy) is 3. The number of carbonyl (C=O) groups excluding carboxylic acids is 1. The van der Waals surface area contributed by atoms with Gasteiger partial charge in [0.1, 0.15) is 11.5 Å². The third kappa shape index (κ3) is 3.46. The topological polar surface area (TPSA) is 103 Å². The van der Waals surface area contributed by atoms with Crippen LogP contribution >= 0.6 is 0 Å². The molecule has 0 saturated heterocycles. The van der Waals surface area contributed by atoms with Crippen LogP contribution in [0.5, 0.6) is 23.0 Å². The quantitative estimate of drug-likeness (QED) is 0.564. The van der Waals surface area contributed by atoms with E-state index in [0.717, 1.165) is 22.4 Å². The van der Waals surface area contributed by atoms with Crippen LogP contribution in [0.1, 0.15) is 47.1 Å². The molecule has 0 amide bonds. The number of nitrogens with zero attached hydrogens (tertiary/aromatic N) is 1. The number of benzene rings is 2. The summed E-state index contributed by atoms with van der Waals surface area (Å²) in [6.07, 6.45) is 0.980. The molecular formula is C26H26N2O6. The Hall–Kier alpha value is -3.94. The van der Waals surface area contributed by atoms with Crippen molar-refractivity contribution in [2.24, 2.45) is 0 Å². The molecule has 0 spiro atoms. The molecule has 176 valence electrons. The minimum absolute atomic E-state index is 0.0159. The van der Waals surface area contributed by atoms with Gasteiger partial charge in [0.2, 0.25) is 5.88 Å². The third-order valence-corrected chi connectivity index (χ3v) is 6.67. The summed E-state index contributed by atoms with van der Waals surface area (Å²) in [7, 11) is 4.73. The molecular weight excluding hydrogens is 436 g/mol. The van der Waals surface area contributed by atoms with Crippen LogP contribution in [0.2, 0.25) is 0 Å². The highest BCUT2D eigenvalue weighted by molar-refractivity contribution is 6.01. The summed E-state index contributed by atoms with van der Waals surface area (Å²) in [5.41, 5.74) is 4.77. The molecule has 8 nitrogen and oxygen atoms in total. The van der Waals surface area contributed by atoms with Gasteiger partial charge in [-0.2, -0.15) is 0 Å². The van der Waals surface area contributed by atoms with Crippen molar-refractivity contribution in [1.82, 2.24) is 5.16 Å². The summed E-state index contributed by atoms with van der Waals surface area (Å²) < 4.78 is 22.4. The van der Waals surface area contributed by atoms with Crippen molar-refractivity contribution in [2.75, 3.05) is 26.6 Å². The van der Waals surface area contributed by atoms with Crippen LogP contribution in [-0.2, 0) is 4.79 Å². The Kier molecular flexibility index (Phi) is 5.43. The van der Waals surface area contributed by atoms with E-state index in [1.807, 2.05) is 25.1 Å². The number of Topliss-reactive ketones (excluding diaryl/α,β-unsaturated/α-hetero) is 1. The summed E-state index contributed by atoms with van der Waals surface area (Å²) in [5, 5.41) is 17.2. The Morgan fingerprint density at radius 3 is 2.35 bits per heavy atom. The van der Waals surface area contributed by atoms with Crippen LogP contribution in [0, 0.1) is 6.92 Å². The average Bonchev–Trinajstić information content (AvgIpc) is 3.22. The van der Waals surface area contributed by atoms with Gasteiger partial charge in [0, 0.05) is 29.3 Å². The van der Waals surface area contributed by atoms with Gasteiger partial charge in [-0.25, -0.2) is 0 Å². The second kappa shape index (κ2) is 8.44. The van der Waals surface area contributed by atoms with Gasteiger partial charge in [-0.3, -0.25) is 4.79 Å². The van der Waals surface area contributed by atoms with E-state index in [1.54, 1.807) is 39.5 Å². The molecule has 5 rings (SSSR count). The molecule has 2 N–H and O–H groups in total. The number of carbonyl (C=O) groups is 1. The Labute approximate surface area is 197 Å². The number of allylic oxidation sites excluding steroid dienone is 2. The van der Waals surface area contributed by atoms with E-state index < -0.39 is 5.92 Å². The van der Waals surface area contributed by atoms with Gasteiger partial charge in [-0.15, -0.1) is 0 Å². The van der Waals surface area contributed by atoms with Gasteiger partial charge in [-0.05, 0) is 43.0 Å². The Morgan fingerprint density at radius 1 is 1.00 bits per heavy atom. The summed E-state index contributed by atoms with van der Waals surface area (Å²) in [6.45, 7) is 1.86. The summed E-state index contributed by atoms with van der Waals surface area (Å²) in [5.74, 6) is 1.98. The fourth-order valence-corrected chi connectivity index (χ4v) is 5.04. The molecule has 0 radical (unpaired) electrons. The second-order valence-corrected chi connectivity index (χ2v) is 8.53. The number of rotatable bonds is 5. The zero-order chi connectivity index (χ0) is 24.0. The zero-order valence-corrected chi connectivity index (χ0v) is 19.5. The van der Waals surface area contributed by atoms with Gasteiger partial charge >= 0.3 is 0 Å². The van der Waals surface area contributed by atoms with Crippen molar-refractivity contribution in [2.45, 2.75) is 31.6 Å². The van der Waals surface area contributed by atoms with E-state index in [0.29, 0.717) is 47.2 Å². The molecule has 3 aromatic rings. The van der Waals surface area contributed by atoms with Crippen molar-refractivity contribution < 1.29 is 28.6 Å². The maximum atomic E-state index is 13.7. The summed E-state index contributed by atoms with van der Waals surface area (Å²) >= 11 is 0. The Balaban J connectivity index is 1.67. The first kappa shape index (κ1) is 21.9. The molecule has 2 atom stereocenters. The van der Waals surface area contributed by atoms with Gasteiger partial charge < -0.3 is 29.2 Å². The molecule has 1 aliphatic heterocycles. The number of ketones is 1. The van der Waals surface area contributed by atoms with Crippen LogP contribution in [0.3, 0.4) is 0 Å². The third-order valence-electron chi connectivity index (χ3n) is 6.67. The molecule has 2 heterocycles. The van der Waals surface area contributed by atoms with Gasteiger partial charge in [0.15, 0.2) is 17.3 Å². The minimum Gasteiger partial charge on any atom is -0.508 e. The molecule has 1 aromatic heterocycles. The smallest absolute Gasteiger partial charge is 0.233 e. The highest BCUT2D eigenvalue weighted by Gasteiger charge is 2.42. The van der Waals surface area contributed by atoms with Crippen molar-refractivity contribution in [3.05, 3.63) is 70.1 Å². The number of aryl methyl sites for hydroxylation is 1. The van der Waals surface area contributed by atoms with Crippen molar-refractivity contribution >= 4 is 11.7 Å². The number of fused-ring (bicyclic) bond motifs is 1. The number of nitrogens with one attached hydrogen (secondary N) is 1. The van der Waals surface area contributed by atoms with Crippen LogP contribution in [0.25, 0.3) is 0 Å². The lowest BCUT2D eigenvalue weighted by atomic mass is 9.72. The zero-order valence-electron chi connectivity index (χ0n) is 19.5. The molecule has 34 heavy (non-hydrogen) atoms. The van der Waals surface area contributed by atoms with Gasteiger partial charge in [0.25, 0.3) is 0 Å². The Morgan fingerprint density at radius 2 is 1.68 bits per heavy atom. The second-order valence-electron chi connectivity index (χ2n) is 8.53. The highest BCUT2D eigenvalue weighted by atomic mass is 16.5. The SMILES string of the molecule is COc1cc(OC)c(C2C3=C(CC(c4ccc(O)cc4)CC3=O)Nc3onc(C)c32)cc1OC. The van der Waals surface area contributed by atoms with E-state index in [-0.39, 0.29) is 17.5 Å². The first-order valence-corrected chi connectivity index (χ1v) is 11.0. The lowest BCUT2D eigenvalue weighted by Crippen LogP contribution is -2.29. The average molecular weight is 463 g/mol. The molecule has 2 unspecified atom stereocenters. The molecule has 2 aromatic carbocycles. The Bertz CT molecular complexity index is 1290. The monoisotopic (exact) mass is 462 g/mol. The highest BCUT2D eigenvalue weighted by Crippen LogP contribution is 2.52. The van der Waals surface area contributed by atoms with Crippen molar-refractivity contribution in [3.63, 3.8) is 0 Å². The number of phenols is 1. The van der Waals surface area contributed by atoms with Crippen LogP contribution in [-0.4, -0.2) is 37.4 Å². The normalized spacial score (nSPS) is 19.2. The maximum absolute atomic E-state index is 13.7. The number of methoxy groups -OCH3 is 3. The largest absolute Gasteiger partial charge is 0.508 e. The fraction of sp³-hybridized carbons (Fsp3) is 0.308. The van der Waals surface area contributed by atoms with Crippen LogP contribution in [0.4, 0.5) is 5.88 Å². The molecule has 2 aliphatic rings. The first-order chi connectivity index (χ1) is 16.4. The standard InChI is InChI=1S/C26H26N2O6/c1-13-23-24(17-11-21(32-3)22(33-4)12-20(17)31-2)25-18(27-26(23)34-28-13)9-15(10-19(25)30)14-5-7-16(29)8-6-14/h5-8,11-12,15,24,27,29H,9-10H2,1-4H3. The van der Waals surface area contributed by atoms with E-state index in [2.05, 4.69) is 10.5 Å². The fourth-order valence-electron chi connectivity index (χ4n) is 5.04. The number of anilines is 1. The van der Waals surface area contributed by atoms with E-state index in [4.69, 9.17) is 18.7 Å². The number of hydrogen-bond donors (Lipinski definition) is 2. The summed E-state index contributed by atoms with van der Waals surface area (Å²) in [6, 6.07) is 10.6. The van der Waals surface area contributed by atoms with E-state index >= 15 is 0 Å². The van der Waals surface area contributed by atoms with Crippen LogP contribution < -0.4 is 19.5 Å². The molecule has 8 heteroatoms. The molecule has 1 aliphatic carbocycles.